The van der Waals surface area contributed by atoms with Crippen LogP contribution in [0.3, 0.4) is 0 Å². The molecular weight excluding hydrogens is 184 g/mol. The maximum absolute atomic E-state index is 10.2. The summed E-state index contributed by atoms with van der Waals surface area (Å²) in [5.41, 5.74) is 0.129. The van der Waals surface area contributed by atoms with Crippen LogP contribution in [0.15, 0.2) is 0 Å². The molecule has 0 aromatic rings. The second-order valence-electron chi connectivity index (χ2n) is 6.84. The van der Waals surface area contributed by atoms with Crippen LogP contribution in [0.1, 0.15) is 72.6 Å². The number of hydrogen-bond acceptors (Lipinski definition) is 1. The molecule has 1 nitrogen and oxygen atoms in total. The van der Waals surface area contributed by atoms with E-state index < -0.39 is 0 Å². The van der Waals surface area contributed by atoms with Crippen molar-refractivity contribution in [3.8, 4) is 0 Å². The number of hydrogen-bond donors (Lipinski definition) is 1. The standard InChI is InChI=1S/C14H28O/c1-12(11-13(2,3)4)7-10-14(15)8-5-6-9-14/h12,15H,5-11H2,1-4H3. The van der Waals surface area contributed by atoms with Gasteiger partial charge < -0.3 is 5.11 Å². The summed E-state index contributed by atoms with van der Waals surface area (Å²) in [4.78, 5) is 0. The molecular formula is C14H28O. The zero-order valence-electron chi connectivity index (χ0n) is 11.0. The highest BCUT2D eigenvalue weighted by atomic mass is 16.3. The zero-order chi connectivity index (χ0) is 11.5. The van der Waals surface area contributed by atoms with Gasteiger partial charge in [0.05, 0.1) is 5.60 Å². The Morgan fingerprint density at radius 1 is 1.20 bits per heavy atom. The highest BCUT2D eigenvalue weighted by molar-refractivity contribution is 4.84. The van der Waals surface area contributed by atoms with Crippen LogP contribution in [0.2, 0.25) is 0 Å². The quantitative estimate of drug-likeness (QED) is 0.742. The normalized spacial score (nSPS) is 23.0. The number of rotatable bonds is 4. The monoisotopic (exact) mass is 212 g/mol. The first kappa shape index (κ1) is 13.0. The van der Waals surface area contributed by atoms with Crippen molar-refractivity contribution in [1.82, 2.24) is 0 Å². The predicted octanol–water partition coefficient (Wildman–Crippen LogP) is 4.14. The van der Waals surface area contributed by atoms with Crippen LogP contribution in [-0.4, -0.2) is 10.7 Å². The largest absolute Gasteiger partial charge is 0.390 e. The van der Waals surface area contributed by atoms with Gasteiger partial charge in [-0.15, -0.1) is 0 Å². The second kappa shape index (κ2) is 4.86. The van der Waals surface area contributed by atoms with Gasteiger partial charge in [0.25, 0.3) is 0 Å². The van der Waals surface area contributed by atoms with Crippen molar-refractivity contribution in [2.24, 2.45) is 11.3 Å². The van der Waals surface area contributed by atoms with E-state index in [1.807, 2.05) is 0 Å². The Kier molecular flexibility index (Phi) is 4.22. The second-order valence-corrected chi connectivity index (χ2v) is 6.84. The lowest BCUT2D eigenvalue weighted by Crippen LogP contribution is -2.25. The van der Waals surface area contributed by atoms with Gasteiger partial charge in [-0.1, -0.05) is 40.5 Å². The molecule has 0 radical (unpaired) electrons. The van der Waals surface area contributed by atoms with Crippen molar-refractivity contribution in [1.29, 1.82) is 0 Å². The van der Waals surface area contributed by atoms with Crippen LogP contribution in [0.5, 0.6) is 0 Å². The molecule has 0 bridgehead atoms. The van der Waals surface area contributed by atoms with E-state index in [2.05, 4.69) is 27.7 Å². The van der Waals surface area contributed by atoms with Crippen molar-refractivity contribution in [2.45, 2.75) is 78.2 Å². The van der Waals surface area contributed by atoms with Gasteiger partial charge in [-0.3, -0.25) is 0 Å². The molecule has 1 aliphatic rings. The van der Waals surface area contributed by atoms with Crippen molar-refractivity contribution in [3.63, 3.8) is 0 Å². The van der Waals surface area contributed by atoms with Crippen molar-refractivity contribution < 1.29 is 5.11 Å². The van der Waals surface area contributed by atoms with Gasteiger partial charge in [0.2, 0.25) is 0 Å². The maximum Gasteiger partial charge on any atom is 0.0648 e. The van der Waals surface area contributed by atoms with E-state index in [1.165, 1.54) is 25.7 Å². The molecule has 1 rings (SSSR count). The minimum absolute atomic E-state index is 0.299. The topological polar surface area (TPSA) is 20.2 Å². The Morgan fingerprint density at radius 3 is 2.20 bits per heavy atom. The van der Waals surface area contributed by atoms with Gasteiger partial charge in [-0.05, 0) is 43.4 Å². The Bertz CT molecular complexity index is 184. The summed E-state index contributed by atoms with van der Waals surface area (Å²) in [6.07, 6.45) is 8.00. The molecule has 0 aliphatic heterocycles. The smallest absolute Gasteiger partial charge is 0.0648 e. The summed E-state index contributed by atoms with van der Waals surface area (Å²) in [5.74, 6) is 0.745. The lowest BCUT2D eigenvalue weighted by Gasteiger charge is -2.27. The third kappa shape index (κ3) is 5.01. The molecule has 0 amide bonds. The third-order valence-electron chi connectivity index (χ3n) is 3.60. The van der Waals surface area contributed by atoms with Crippen molar-refractivity contribution in [2.75, 3.05) is 0 Å². The first-order valence-electron chi connectivity index (χ1n) is 6.53. The van der Waals surface area contributed by atoms with E-state index in [0.29, 0.717) is 5.41 Å². The molecule has 1 fully saturated rings. The molecule has 1 N–H and O–H groups in total. The summed E-state index contributed by atoms with van der Waals surface area (Å²) in [7, 11) is 0. The minimum Gasteiger partial charge on any atom is -0.390 e. The predicted molar refractivity (Wildman–Crippen MR) is 65.9 cm³/mol. The van der Waals surface area contributed by atoms with Gasteiger partial charge in [-0.2, -0.15) is 0 Å². The first-order valence-corrected chi connectivity index (χ1v) is 6.53. The maximum atomic E-state index is 10.2. The van der Waals surface area contributed by atoms with E-state index in [4.69, 9.17) is 0 Å². The average Bonchev–Trinajstić information content (AvgIpc) is 2.47. The van der Waals surface area contributed by atoms with E-state index in [1.54, 1.807) is 0 Å². The highest BCUT2D eigenvalue weighted by Gasteiger charge is 2.31. The SMILES string of the molecule is CC(CCC1(O)CCCC1)CC(C)(C)C. The third-order valence-corrected chi connectivity index (χ3v) is 3.60. The van der Waals surface area contributed by atoms with Crippen molar-refractivity contribution >= 4 is 0 Å². The van der Waals surface area contributed by atoms with Crippen LogP contribution in [0.4, 0.5) is 0 Å². The van der Waals surface area contributed by atoms with Crippen molar-refractivity contribution in [3.05, 3.63) is 0 Å². The number of aliphatic hydroxyl groups is 1. The van der Waals surface area contributed by atoms with Crippen LogP contribution >= 0.6 is 0 Å². The minimum atomic E-state index is -0.299. The molecule has 90 valence electrons. The van der Waals surface area contributed by atoms with Gasteiger partial charge in [0.15, 0.2) is 0 Å². The van der Waals surface area contributed by atoms with Crippen LogP contribution < -0.4 is 0 Å². The molecule has 1 heteroatoms. The molecule has 0 spiro atoms. The highest BCUT2D eigenvalue weighted by Crippen LogP contribution is 2.36. The summed E-state index contributed by atoms with van der Waals surface area (Å²) in [6, 6.07) is 0. The molecule has 1 unspecified atom stereocenters. The summed E-state index contributed by atoms with van der Waals surface area (Å²) < 4.78 is 0. The zero-order valence-corrected chi connectivity index (χ0v) is 11.0. The van der Waals surface area contributed by atoms with E-state index in [-0.39, 0.29) is 5.60 Å². The molecule has 1 saturated carbocycles. The van der Waals surface area contributed by atoms with Gasteiger partial charge >= 0.3 is 0 Å². The van der Waals surface area contributed by atoms with Crippen LogP contribution in [0, 0.1) is 11.3 Å². The molecule has 0 aromatic carbocycles. The Morgan fingerprint density at radius 2 is 1.73 bits per heavy atom. The van der Waals surface area contributed by atoms with Gasteiger partial charge in [0.1, 0.15) is 0 Å². The average molecular weight is 212 g/mol. The van der Waals surface area contributed by atoms with Gasteiger partial charge in [-0.25, -0.2) is 0 Å². The van der Waals surface area contributed by atoms with E-state index in [9.17, 15) is 5.11 Å². The van der Waals surface area contributed by atoms with E-state index in [0.717, 1.165) is 25.2 Å². The molecule has 15 heavy (non-hydrogen) atoms. The first-order chi connectivity index (χ1) is 6.81. The lowest BCUT2D eigenvalue weighted by molar-refractivity contribution is 0.0312. The van der Waals surface area contributed by atoms with Gasteiger partial charge in [0, 0.05) is 0 Å². The molecule has 1 atom stereocenters. The fourth-order valence-corrected chi connectivity index (χ4v) is 2.95. The molecule has 1 aliphatic carbocycles. The Balaban J connectivity index is 2.24. The summed E-state index contributed by atoms with van der Waals surface area (Å²) in [6.45, 7) is 9.22. The summed E-state index contributed by atoms with van der Waals surface area (Å²) in [5, 5.41) is 10.2. The fourth-order valence-electron chi connectivity index (χ4n) is 2.95. The molecule has 0 aromatic heterocycles. The lowest BCUT2D eigenvalue weighted by atomic mass is 9.81. The Hall–Kier alpha value is -0.0400. The fraction of sp³-hybridized carbons (Fsp3) is 1.00. The van der Waals surface area contributed by atoms with Crippen LogP contribution in [-0.2, 0) is 0 Å². The summed E-state index contributed by atoms with van der Waals surface area (Å²) >= 11 is 0. The van der Waals surface area contributed by atoms with E-state index >= 15 is 0 Å². The Labute approximate surface area is 95.3 Å². The molecule has 0 saturated heterocycles. The van der Waals surface area contributed by atoms with Crippen LogP contribution in [0.25, 0.3) is 0 Å². The molecule has 0 heterocycles.